The van der Waals surface area contributed by atoms with Crippen LogP contribution in [-0.4, -0.2) is 37.1 Å². The minimum Gasteiger partial charge on any atom is -0.368 e. The third-order valence-corrected chi connectivity index (χ3v) is 2.09. The molecule has 0 aromatic carbocycles. The fraction of sp³-hybridized carbons (Fsp3) is 0.800. The summed E-state index contributed by atoms with van der Waals surface area (Å²) in [7, 11) is 0. The van der Waals surface area contributed by atoms with Gasteiger partial charge in [0, 0.05) is 12.6 Å². The van der Waals surface area contributed by atoms with Crippen molar-refractivity contribution >= 4 is 11.8 Å². The normalized spacial score (nSPS) is 20.3. The van der Waals surface area contributed by atoms with Crippen molar-refractivity contribution in [1.82, 2.24) is 10.6 Å². The molecule has 86 valence electrons. The Labute approximate surface area is 89.6 Å². The maximum atomic E-state index is 11.4. The first-order valence-electron chi connectivity index (χ1n) is 5.28. The van der Waals surface area contributed by atoms with Crippen molar-refractivity contribution in [1.29, 1.82) is 0 Å². The van der Waals surface area contributed by atoms with Gasteiger partial charge in [0.25, 0.3) is 0 Å². The Hall–Kier alpha value is -1.10. The maximum Gasteiger partial charge on any atom is 0.249 e. The molecule has 15 heavy (non-hydrogen) atoms. The summed E-state index contributed by atoms with van der Waals surface area (Å²) in [5, 5.41) is 5.25. The molecule has 1 aliphatic heterocycles. The van der Waals surface area contributed by atoms with Gasteiger partial charge >= 0.3 is 0 Å². The van der Waals surface area contributed by atoms with E-state index in [9.17, 15) is 9.59 Å². The SMILES string of the molecule is CC(C)NC(=O)CNC(=O)C1CCCO1. The van der Waals surface area contributed by atoms with Gasteiger partial charge in [-0.2, -0.15) is 0 Å². The lowest BCUT2D eigenvalue weighted by molar-refractivity contribution is -0.132. The zero-order valence-corrected chi connectivity index (χ0v) is 9.21. The number of ether oxygens (including phenoxy) is 1. The van der Waals surface area contributed by atoms with E-state index in [1.807, 2.05) is 13.8 Å². The smallest absolute Gasteiger partial charge is 0.249 e. The summed E-state index contributed by atoms with van der Waals surface area (Å²) in [6, 6.07) is 0.0946. The molecular formula is C10H18N2O3. The molecule has 1 aliphatic rings. The van der Waals surface area contributed by atoms with Crippen molar-refractivity contribution in [2.24, 2.45) is 0 Å². The number of amides is 2. The van der Waals surface area contributed by atoms with Gasteiger partial charge in [-0.05, 0) is 26.7 Å². The lowest BCUT2D eigenvalue weighted by Crippen LogP contribution is -2.43. The molecular weight excluding hydrogens is 196 g/mol. The van der Waals surface area contributed by atoms with E-state index in [-0.39, 0.29) is 30.5 Å². The average molecular weight is 214 g/mol. The van der Waals surface area contributed by atoms with E-state index in [1.54, 1.807) is 0 Å². The quantitative estimate of drug-likeness (QED) is 0.681. The van der Waals surface area contributed by atoms with Gasteiger partial charge in [0.2, 0.25) is 11.8 Å². The highest BCUT2D eigenvalue weighted by Crippen LogP contribution is 2.11. The van der Waals surface area contributed by atoms with Gasteiger partial charge in [-0.1, -0.05) is 0 Å². The molecule has 1 rings (SSSR count). The Morgan fingerprint density at radius 3 is 2.73 bits per heavy atom. The molecule has 1 fully saturated rings. The average Bonchev–Trinajstić information content (AvgIpc) is 2.65. The Morgan fingerprint density at radius 2 is 2.20 bits per heavy atom. The van der Waals surface area contributed by atoms with E-state index in [1.165, 1.54) is 0 Å². The molecule has 2 N–H and O–H groups in total. The lowest BCUT2D eigenvalue weighted by atomic mass is 10.2. The first kappa shape index (κ1) is 12.0. The van der Waals surface area contributed by atoms with Crippen LogP contribution >= 0.6 is 0 Å². The molecule has 0 saturated carbocycles. The maximum absolute atomic E-state index is 11.4. The molecule has 0 bridgehead atoms. The third kappa shape index (κ3) is 4.29. The fourth-order valence-electron chi connectivity index (χ4n) is 1.44. The first-order chi connectivity index (χ1) is 7.09. The molecule has 1 atom stereocenters. The molecule has 1 heterocycles. The van der Waals surface area contributed by atoms with Crippen LogP contribution in [0.1, 0.15) is 26.7 Å². The number of rotatable bonds is 4. The molecule has 0 aliphatic carbocycles. The predicted molar refractivity (Wildman–Crippen MR) is 55.3 cm³/mol. The van der Waals surface area contributed by atoms with Crippen LogP contribution in [0, 0.1) is 0 Å². The van der Waals surface area contributed by atoms with E-state index in [4.69, 9.17) is 4.74 Å². The molecule has 1 saturated heterocycles. The van der Waals surface area contributed by atoms with Crippen molar-refractivity contribution in [3.05, 3.63) is 0 Å². The standard InChI is InChI=1S/C10H18N2O3/c1-7(2)12-9(13)6-11-10(14)8-4-3-5-15-8/h7-8H,3-6H2,1-2H3,(H,11,14)(H,12,13). The molecule has 0 aromatic rings. The van der Waals surface area contributed by atoms with Crippen LogP contribution in [0.2, 0.25) is 0 Å². The number of hydrogen-bond acceptors (Lipinski definition) is 3. The van der Waals surface area contributed by atoms with Gasteiger partial charge in [0.1, 0.15) is 6.10 Å². The molecule has 5 heteroatoms. The fourth-order valence-corrected chi connectivity index (χ4v) is 1.44. The van der Waals surface area contributed by atoms with Gasteiger partial charge in [0.15, 0.2) is 0 Å². The number of nitrogens with one attached hydrogen (secondary N) is 2. The van der Waals surface area contributed by atoms with E-state index in [0.717, 1.165) is 12.8 Å². The zero-order valence-electron chi connectivity index (χ0n) is 9.21. The summed E-state index contributed by atoms with van der Waals surface area (Å²) in [6.07, 6.45) is 1.30. The zero-order chi connectivity index (χ0) is 11.3. The van der Waals surface area contributed by atoms with Crippen LogP contribution in [-0.2, 0) is 14.3 Å². The minimum atomic E-state index is -0.364. The minimum absolute atomic E-state index is 0.0247. The number of carbonyl (C=O) groups excluding carboxylic acids is 2. The van der Waals surface area contributed by atoms with E-state index in [2.05, 4.69) is 10.6 Å². The van der Waals surface area contributed by atoms with Crippen LogP contribution in [0.25, 0.3) is 0 Å². The highest BCUT2D eigenvalue weighted by atomic mass is 16.5. The van der Waals surface area contributed by atoms with Gasteiger partial charge in [-0.25, -0.2) is 0 Å². The van der Waals surface area contributed by atoms with Crippen LogP contribution in [0.4, 0.5) is 0 Å². The molecule has 0 spiro atoms. The molecule has 0 radical (unpaired) electrons. The second-order valence-corrected chi connectivity index (χ2v) is 3.94. The molecule has 0 aromatic heterocycles. The van der Waals surface area contributed by atoms with Gasteiger partial charge < -0.3 is 15.4 Å². The summed E-state index contributed by atoms with van der Waals surface area (Å²) in [5.41, 5.74) is 0. The topological polar surface area (TPSA) is 67.4 Å². The van der Waals surface area contributed by atoms with E-state index in [0.29, 0.717) is 6.61 Å². The first-order valence-corrected chi connectivity index (χ1v) is 5.28. The highest BCUT2D eigenvalue weighted by molar-refractivity contribution is 5.87. The van der Waals surface area contributed by atoms with Gasteiger partial charge in [-0.3, -0.25) is 9.59 Å². The largest absolute Gasteiger partial charge is 0.368 e. The van der Waals surface area contributed by atoms with Crippen molar-refractivity contribution in [3.8, 4) is 0 Å². The molecule has 1 unspecified atom stereocenters. The monoisotopic (exact) mass is 214 g/mol. The Morgan fingerprint density at radius 1 is 1.47 bits per heavy atom. The second-order valence-electron chi connectivity index (χ2n) is 3.94. The number of carbonyl (C=O) groups is 2. The van der Waals surface area contributed by atoms with Crippen molar-refractivity contribution in [3.63, 3.8) is 0 Å². The van der Waals surface area contributed by atoms with Crippen LogP contribution in [0.5, 0.6) is 0 Å². The summed E-state index contributed by atoms with van der Waals surface area (Å²) >= 11 is 0. The lowest BCUT2D eigenvalue weighted by Gasteiger charge is -2.11. The van der Waals surface area contributed by atoms with Crippen molar-refractivity contribution < 1.29 is 14.3 Å². The van der Waals surface area contributed by atoms with Crippen molar-refractivity contribution in [2.75, 3.05) is 13.2 Å². The summed E-state index contributed by atoms with van der Waals surface area (Å²) in [5.74, 6) is -0.359. The van der Waals surface area contributed by atoms with Crippen LogP contribution in [0.15, 0.2) is 0 Å². The summed E-state index contributed by atoms with van der Waals surface area (Å²) in [6.45, 7) is 4.41. The number of hydrogen-bond donors (Lipinski definition) is 2. The van der Waals surface area contributed by atoms with E-state index < -0.39 is 0 Å². The molecule has 2 amide bonds. The predicted octanol–water partition coefficient (Wildman–Crippen LogP) is -0.194. The molecule has 5 nitrogen and oxygen atoms in total. The highest BCUT2D eigenvalue weighted by Gasteiger charge is 2.23. The Balaban J connectivity index is 2.18. The third-order valence-electron chi connectivity index (χ3n) is 2.09. The summed E-state index contributed by atoms with van der Waals surface area (Å²) < 4.78 is 5.18. The summed E-state index contributed by atoms with van der Waals surface area (Å²) in [4.78, 5) is 22.6. The van der Waals surface area contributed by atoms with Crippen molar-refractivity contribution in [2.45, 2.75) is 38.8 Å². The van der Waals surface area contributed by atoms with E-state index >= 15 is 0 Å². The van der Waals surface area contributed by atoms with Crippen LogP contribution < -0.4 is 10.6 Å². The van der Waals surface area contributed by atoms with Gasteiger partial charge in [0.05, 0.1) is 6.54 Å². The van der Waals surface area contributed by atoms with Gasteiger partial charge in [-0.15, -0.1) is 0 Å². The Kier molecular flexibility index (Phi) is 4.55. The Bertz CT molecular complexity index is 235. The second kappa shape index (κ2) is 5.70. The van der Waals surface area contributed by atoms with Crippen LogP contribution in [0.3, 0.4) is 0 Å².